The molecule has 5 rings (SSSR count). The molecule has 5 nitrogen and oxygen atoms in total. The van der Waals surface area contributed by atoms with E-state index in [0.717, 1.165) is 55.1 Å². The Hall–Kier alpha value is -2.63. The van der Waals surface area contributed by atoms with Crippen LogP contribution >= 0.6 is 0 Å². The van der Waals surface area contributed by atoms with Gasteiger partial charge in [0, 0.05) is 30.5 Å². The lowest BCUT2D eigenvalue weighted by Crippen LogP contribution is -2.51. The van der Waals surface area contributed by atoms with Gasteiger partial charge in [-0.15, -0.1) is 0 Å². The molecule has 3 N–H and O–H groups in total. The Labute approximate surface area is 164 Å². The monoisotopic (exact) mass is 375 g/mol. The van der Waals surface area contributed by atoms with Crippen LogP contribution in [-0.4, -0.2) is 28.1 Å². The number of likely N-dealkylation sites (tertiary alicyclic amines) is 1. The highest BCUT2D eigenvalue weighted by molar-refractivity contribution is 5.61. The lowest BCUT2D eigenvalue weighted by atomic mass is 9.75. The van der Waals surface area contributed by atoms with Crippen molar-refractivity contribution in [3.63, 3.8) is 0 Å². The lowest BCUT2D eigenvalue weighted by molar-refractivity contribution is -0.0923. The van der Waals surface area contributed by atoms with E-state index in [1.165, 1.54) is 0 Å². The molecule has 5 heteroatoms. The largest absolute Gasteiger partial charge is 0.468 e. The Balaban J connectivity index is 1.37. The molecule has 1 aliphatic heterocycles. The molecule has 0 radical (unpaired) electrons. The molecule has 1 saturated heterocycles. The first kappa shape index (κ1) is 17.5. The number of hydrogen-bond donors (Lipinski definition) is 2. The Morgan fingerprint density at radius 3 is 2.43 bits per heavy atom. The highest BCUT2D eigenvalue weighted by atomic mass is 16.3. The van der Waals surface area contributed by atoms with Crippen LogP contribution in [0.2, 0.25) is 0 Å². The molecule has 28 heavy (non-hydrogen) atoms. The molecule has 0 amide bonds. The van der Waals surface area contributed by atoms with Crippen molar-refractivity contribution in [2.24, 2.45) is 11.8 Å². The topological polar surface area (TPSA) is 75.5 Å². The summed E-state index contributed by atoms with van der Waals surface area (Å²) in [4.78, 5) is 6.81. The van der Waals surface area contributed by atoms with E-state index in [-0.39, 0.29) is 11.8 Å². The van der Waals surface area contributed by atoms with Crippen LogP contribution in [0.3, 0.4) is 0 Å². The number of nitrogen functional groups attached to an aromatic ring is 1. The van der Waals surface area contributed by atoms with Gasteiger partial charge in [-0.05, 0) is 42.7 Å². The van der Waals surface area contributed by atoms with Gasteiger partial charge in [-0.25, -0.2) is 4.98 Å². The van der Waals surface area contributed by atoms with Crippen molar-refractivity contribution >= 4 is 5.82 Å². The summed E-state index contributed by atoms with van der Waals surface area (Å²) in [6.07, 6.45) is 3.85. The van der Waals surface area contributed by atoms with Crippen LogP contribution in [0.1, 0.15) is 24.2 Å². The minimum Gasteiger partial charge on any atom is -0.468 e. The second-order valence-electron chi connectivity index (χ2n) is 8.10. The summed E-state index contributed by atoms with van der Waals surface area (Å²) in [5, 5.41) is 11.7. The summed E-state index contributed by atoms with van der Waals surface area (Å²) >= 11 is 0. The van der Waals surface area contributed by atoms with Crippen LogP contribution < -0.4 is 5.73 Å². The third kappa shape index (κ3) is 2.91. The number of hydrogen-bond acceptors (Lipinski definition) is 5. The number of fused-ring (bicyclic) bond motifs is 2. The highest BCUT2D eigenvalue weighted by Gasteiger charge is 2.53. The summed E-state index contributed by atoms with van der Waals surface area (Å²) in [6, 6.07) is 17.8. The molecule has 1 saturated carbocycles. The predicted octanol–water partition coefficient (Wildman–Crippen LogP) is 3.65. The molecule has 2 aliphatic rings. The molecule has 2 atom stereocenters. The maximum absolute atomic E-state index is 11.7. The van der Waals surface area contributed by atoms with E-state index in [4.69, 9.17) is 10.2 Å². The van der Waals surface area contributed by atoms with Crippen molar-refractivity contribution in [3.8, 4) is 11.3 Å². The van der Waals surface area contributed by atoms with Crippen LogP contribution in [-0.2, 0) is 12.1 Å². The Morgan fingerprint density at radius 2 is 1.79 bits per heavy atom. The molecule has 2 fully saturated rings. The zero-order chi connectivity index (χ0) is 19.1. The summed E-state index contributed by atoms with van der Waals surface area (Å²) < 4.78 is 5.51. The molecule has 1 aromatic carbocycles. The number of piperidine rings is 1. The van der Waals surface area contributed by atoms with Crippen molar-refractivity contribution in [1.29, 1.82) is 0 Å². The SMILES string of the molecule is Nc1cccc(-c2ccc(C3(O)C4CCC3CN(Cc3ccco3)C4)cc2)n1. The van der Waals surface area contributed by atoms with Gasteiger partial charge in [0.2, 0.25) is 0 Å². The van der Waals surface area contributed by atoms with E-state index >= 15 is 0 Å². The number of furan rings is 1. The fraction of sp³-hybridized carbons (Fsp3) is 0.348. The van der Waals surface area contributed by atoms with Crippen molar-refractivity contribution in [2.45, 2.75) is 25.0 Å². The standard InChI is InChI=1S/C23H25N3O2/c24-22-5-1-4-21(25-22)16-6-8-17(9-7-16)23(27)18-10-11-19(23)14-26(13-18)15-20-3-2-12-28-20/h1-9,12,18-19,27H,10-11,13-15H2,(H2,24,25). The van der Waals surface area contributed by atoms with Gasteiger partial charge in [0.25, 0.3) is 0 Å². The van der Waals surface area contributed by atoms with Gasteiger partial charge < -0.3 is 15.3 Å². The van der Waals surface area contributed by atoms with Gasteiger partial charge in [-0.2, -0.15) is 0 Å². The van der Waals surface area contributed by atoms with E-state index in [1.54, 1.807) is 12.3 Å². The number of aliphatic hydroxyl groups is 1. The molecule has 144 valence electrons. The fourth-order valence-electron chi connectivity index (χ4n) is 5.08. The molecule has 2 unspecified atom stereocenters. The first-order valence-corrected chi connectivity index (χ1v) is 9.93. The minimum absolute atomic E-state index is 0.248. The van der Waals surface area contributed by atoms with E-state index in [1.807, 2.05) is 36.4 Å². The lowest BCUT2D eigenvalue weighted by Gasteiger charge is -2.44. The van der Waals surface area contributed by atoms with Gasteiger partial charge >= 0.3 is 0 Å². The van der Waals surface area contributed by atoms with Crippen LogP contribution in [0, 0.1) is 11.8 Å². The molecule has 3 heterocycles. The number of benzene rings is 1. The molecule has 2 aromatic heterocycles. The van der Waals surface area contributed by atoms with Crippen LogP contribution in [0.15, 0.2) is 65.3 Å². The van der Waals surface area contributed by atoms with Crippen LogP contribution in [0.5, 0.6) is 0 Å². The zero-order valence-corrected chi connectivity index (χ0v) is 15.8. The normalized spacial score (nSPS) is 27.2. The first-order chi connectivity index (χ1) is 13.6. The Morgan fingerprint density at radius 1 is 1.04 bits per heavy atom. The Kier molecular flexibility index (Phi) is 4.22. The zero-order valence-electron chi connectivity index (χ0n) is 15.8. The first-order valence-electron chi connectivity index (χ1n) is 9.93. The minimum atomic E-state index is -0.749. The van der Waals surface area contributed by atoms with Gasteiger partial charge in [-0.1, -0.05) is 30.3 Å². The summed E-state index contributed by atoms with van der Waals surface area (Å²) in [5.41, 5.74) is 7.95. The maximum Gasteiger partial charge on any atom is 0.124 e. The van der Waals surface area contributed by atoms with E-state index < -0.39 is 5.60 Å². The van der Waals surface area contributed by atoms with Crippen molar-refractivity contribution in [1.82, 2.24) is 9.88 Å². The summed E-state index contributed by atoms with van der Waals surface area (Å²) in [7, 11) is 0. The number of rotatable bonds is 4. The quantitative estimate of drug-likeness (QED) is 0.728. The van der Waals surface area contributed by atoms with Gasteiger partial charge in [0.15, 0.2) is 0 Å². The average Bonchev–Trinajstić information content (AvgIpc) is 3.25. The third-order valence-corrected chi connectivity index (χ3v) is 6.44. The van der Waals surface area contributed by atoms with E-state index in [2.05, 4.69) is 22.0 Å². The number of anilines is 1. The molecule has 3 aromatic rings. The fourth-order valence-corrected chi connectivity index (χ4v) is 5.08. The number of pyridine rings is 1. The van der Waals surface area contributed by atoms with Crippen molar-refractivity contribution in [2.75, 3.05) is 18.8 Å². The Bertz CT molecular complexity index is 938. The molecule has 2 bridgehead atoms. The van der Waals surface area contributed by atoms with Crippen molar-refractivity contribution < 1.29 is 9.52 Å². The smallest absolute Gasteiger partial charge is 0.124 e. The highest BCUT2D eigenvalue weighted by Crippen LogP contribution is 2.51. The number of aromatic nitrogens is 1. The average molecular weight is 375 g/mol. The predicted molar refractivity (Wildman–Crippen MR) is 108 cm³/mol. The van der Waals surface area contributed by atoms with Crippen LogP contribution in [0.4, 0.5) is 5.82 Å². The summed E-state index contributed by atoms with van der Waals surface area (Å²) in [6.45, 7) is 2.61. The van der Waals surface area contributed by atoms with Crippen molar-refractivity contribution in [3.05, 3.63) is 72.2 Å². The number of nitrogens with two attached hydrogens (primary N) is 1. The molecular formula is C23H25N3O2. The maximum atomic E-state index is 11.7. The third-order valence-electron chi connectivity index (χ3n) is 6.44. The molecule has 1 aliphatic carbocycles. The van der Waals surface area contributed by atoms with Gasteiger partial charge in [-0.3, -0.25) is 4.90 Å². The molecule has 0 spiro atoms. The van der Waals surface area contributed by atoms with Gasteiger partial charge in [0.1, 0.15) is 11.6 Å². The van der Waals surface area contributed by atoms with E-state index in [9.17, 15) is 5.11 Å². The number of nitrogens with zero attached hydrogens (tertiary/aromatic N) is 2. The second kappa shape index (κ2) is 6.76. The molecular weight excluding hydrogens is 350 g/mol. The van der Waals surface area contributed by atoms with Crippen LogP contribution in [0.25, 0.3) is 11.3 Å². The second-order valence-corrected chi connectivity index (χ2v) is 8.10. The summed E-state index contributed by atoms with van der Waals surface area (Å²) in [5.74, 6) is 2.00. The van der Waals surface area contributed by atoms with Gasteiger partial charge in [0.05, 0.1) is 24.1 Å². The van der Waals surface area contributed by atoms with E-state index in [0.29, 0.717) is 5.82 Å².